The summed E-state index contributed by atoms with van der Waals surface area (Å²) in [6.07, 6.45) is 6.14. The maximum absolute atomic E-state index is 12.3. The summed E-state index contributed by atoms with van der Waals surface area (Å²) in [6, 6.07) is 7.57. The van der Waals surface area contributed by atoms with Gasteiger partial charge in [-0.3, -0.25) is 9.36 Å². The third kappa shape index (κ3) is 4.44. The van der Waals surface area contributed by atoms with Crippen LogP contribution in [0.4, 0.5) is 0 Å². The Morgan fingerprint density at radius 1 is 1.24 bits per heavy atom. The van der Waals surface area contributed by atoms with Gasteiger partial charge in [0.1, 0.15) is 0 Å². The van der Waals surface area contributed by atoms with Gasteiger partial charge in [-0.25, -0.2) is 4.79 Å². The zero-order chi connectivity index (χ0) is 17.0. The summed E-state index contributed by atoms with van der Waals surface area (Å²) in [5, 5.41) is 2.95. The van der Waals surface area contributed by atoms with Crippen molar-refractivity contribution in [3.8, 4) is 0 Å². The molecule has 1 aromatic heterocycles. The number of halogens is 1. The zero-order valence-electron chi connectivity index (χ0n) is 14.4. The monoisotopic (exact) mass is 366 g/mol. The standard InChI is InChI=1S/C18H26N4O2.ClH/c19-13-18(8-4-1-5-9-18)12-16(23)20-10-11-22-15-7-3-2-6-14(15)21-17(22)24;/h2-3,6-7H,1,4-5,8-13,19H2,(H,20,23)(H,21,24);1H. The van der Waals surface area contributed by atoms with Gasteiger partial charge in [0.25, 0.3) is 0 Å². The molecule has 4 N–H and O–H groups in total. The molecule has 138 valence electrons. The van der Waals surface area contributed by atoms with Crippen molar-refractivity contribution in [2.45, 2.75) is 45.1 Å². The van der Waals surface area contributed by atoms with Crippen molar-refractivity contribution >= 4 is 29.3 Å². The van der Waals surface area contributed by atoms with Gasteiger partial charge in [0, 0.05) is 19.5 Å². The molecule has 0 aliphatic heterocycles. The predicted molar refractivity (Wildman–Crippen MR) is 102 cm³/mol. The minimum absolute atomic E-state index is 0. The first-order chi connectivity index (χ1) is 11.6. The lowest BCUT2D eigenvalue weighted by Crippen LogP contribution is -2.39. The summed E-state index contributed by atoms with van der Waals surface area (Å²) in [6.45, 7) is 1.48. The molecule has 0 spiro atoms. The number of aromatic amines is 1. The van der Waals surface area contributed by atoms with Crippen LogP contribution in [0.3, 0.4) is 0 Å². The number of para-hydroxylation sites is 2. The minimum Gasteiger partial charge on any atom is -0.354 e. The molecule has 2 aromatic rings. The summed E-state index contributed by atoms with van der Waals surface area (Å²) < 4.78 is 1.66. The molecule has 1 aliphatic carbocycles. The van der Waals surface area contributed by atoms with E-state index in [9.17, 15) is 9.59 Å². The molecule has 7 heteroatoms. The molecule has 1 aromatic carbocycles. The summed E-state index contributed by atoms with van der Waals surface area (Å²) in [5.41, 5.74) is 7.46. The number of rotatable bonds is 6. The summed E-state index contributed by atoms with van der Waals surface area (Å²) in [4.78, 5) is 27.1. The number of benzene rings is 1. The molecular weight excluding hydrogens is 340 g/mol. The smallest absolute Gasteiger partial charge is 0.326 e. The van der Waals surface area contributed by atoms with Crippen molar-refractivity contribution in [3.63, 3.8) is 0 Å². The van der Waals surface area contributed by atoms with E-state index in [2.05, 4.69) is 10.3 Å². The van der Waals surface area contributed by atoms with Crippen LogP contribution in [0.25, 0.3) is 11.0 Å². The van der Waals surface area contributed by atoms with Crippen LogP contribution in [0.1, 0.15) is 38.5 Å². The first kappa shape index (κ1) is 19.5. The Balaban J connectivity index is 0.00000225. The van der Waals surface area contributed by atoms with E-state index in [0.717, 1.165) is 36.7 Å². The predicted octanol–water partition coefficient (Wildman–Crippen LogP) is 2.17. The maximum Gasteiger partial charge on any atom is 0.326 e. The van der Waals surface area contributed by atoms with Crippen LogP contribution in [0.2, 0.25) is 0 Å². The van der Waals surface area contributed by atoms with Gasteiger partial charge < -0.3 is 16.0 Å². The summed E-state index contributed by atoms with van der Waals surface area (Å²) >= 11 is 0. The van der Waals surface area contributed by atoms with Crippen LogP contribution in [0.15, 0.2) is 29.1 Å². The van der Waals surface area contributed by atoms with E-state index in [-0.39, 0.29) is 29.4 Å². The van der Waals surface area contributed by atoms with Gasteiger partial charge in [0.05, 0.1) is 11.0 Å². The first-order valence-corrected chi connectivity index (χ1v) is 8.78. The molecule has 1 heterocycles. The fourth-order valence-electron chi connectivity index (χ4n) is 3.79. The van der Waals surface area contributed by atoms with Crippen molar-refractivity contribution in [1.82, 2.24) is 14.9 Å². The van der Waals surface area contributed by atoms with Crippen LogP contribution in [0.5, 0.6) is 0 Å². The van der Waals surface area contributed by atoms with Crippen LogP contribution in [-0.2, 0) is 11.3 Å². The van der Waals surface area contributed by atoms with Gasteiger partial charge >= 0.3 is 5.69 Å². The van der Waals surface area contributed by atoms with Crippen LogP contribution in [-0.4, -0.2) is 28.5 Å². The number of hydrogen-bond acceptors (Lipinski definition) is 3. The molecular formula is C18H27ClN4O2. The SMILES string of the molecule is Cl.NCC1(CC(=O)NCCn2c(=O)[nH]c3ccccc32)CCCCC1. The highest BCUT2D eigenvalue weighted by Gasteiger charge is 2.32. The first-order valence-electron chi connectivity index (χ1n) is 8.78. The number of nitrogens with two attached hydrogens (primary N) is 1. The van der Waals surface area contributed by atoms with Gasteiger partial charge in [0.15, 0.2) is 0 Å². The van der Waals surface area contributed by atoms with Crippen LogP contribution < -0.4 is 16.7 Å². The van der Waals surface area contributed by atoms with Crippen molar-refractivity contribution < 1.29 is 4.79 Å². The normalized spacial score (nSPS) is 16.4. The number of nitrogens with zero attached hydrogens (tertiary/aromatic N) is 1. The Labute approximate surface area is 153 Å². The molecule has 0 atom stereocenters. The van der Waals surface area contributed by atoms with E-state index >= 15 is 0 Å². The Hall–Kier alpha value is -1.79. The number of carbonyl (C=O) groups is 1. The Bertz CT molecular complexity index is 762. The molecule has 0 unspecified atom stereocenters. The highest BCUT2D eigenvalue weighted by atomic mass is 35.5. The Morgan fingerprint density at radius 2 is 1.96 bits per heavy atom. The number of imidazole rings is 1. The molecule has 1 fully saturated rings. The molecule has 1 amide bonds. The topological polar surface area (TPSA) is 92.9 Å². The fourth-order valence-corrected chi connectivity index (χ4v) is 3.79. The molecule has 0 bridgehead atoms. The largest absolute Gasteiger partial charge is 0.354 e. The van der Waals surface area contributed by atoms with Crippen molar-refractivity contribution in [3.05, 3.63) is 34.7 Å². The summed E-state index contributed by atoms with van der Waals surface area (Å²) in [7, 11) is 0. The van der Waals surface area contributed by atoms with Gasteiger partial charge in [-0.15, -0.1) is 12.4 Å². The number of hydrogen-bond donors (Lipinski definition) is 3. The number of H-pyrrole nitrogens is 1. The molecule has 25 heavy (non-hydrogen) atoms. The molecule has 6 nitrogen and oxygen atoms in total. The Morgan fingerprint density at radius 3 is 2.68 bits per heavy atom. The Kier molecular flexibility index (Phi) is 6.67. The van der Waals surface area contributed by atoms with E-state index in [4.69, 9.17) is 5.73 Å². The second-order valence-corrected chi connectivity index (χ2v) is 6.89. The number of nitrogens with one attached hydrogen (secondary N) is 2. The fraction of sp³-hybridized carbons (Fsp3) is 0.556. The lowest BCUT2D eigenvalue weighted by Gasteiger charge is -2.35. The second kappa shape index (κ2) is 8.54. The van der Waals surface area contributed by atoms with Crippen molar-refractivity contribution in [1.29, 1.82) is 0 Å². The summed E-state index contributed by atoms with van der Waals surface area (Å²) in [5.74, 6) is 0.0373. The van der Waals surface area contributed by atoms with Crippen LogP contribution in [0, 0.1) is 5.41 Å². The third-order valence-corrected chi connectivity index (χ3v) is 5.22. The van der Waals surface area contributed by atoms with Gasteiger partial charge in [-0.05, 0) is 36.9 Å². The van der Waals surface area contributed by atoms with E-state index in [1.165, 1.54) is 6.42 Å². The van der Waals surface area contributed by atoms with E-state index in [0.29, 0.717) is 26.1 Å². The van der Waals surface area contributed by atoms with E-state index in [1.807, 2.05) is 24.3 Å². The third-order valence-electron chi connectivity index (χ3n) is 5.22. The van der Waals surface area contributed by atoms with Gasteiger partial charge in [0.2, 0.25) is 5.91 Å². The quantitative estimate of drug-likeness (QED) is 0.731. The number of aromatic nitrogens is 2. The van der Waals surface area contributed by atoms with Gasteiger partial charge in [-0.1, -0.05) is 31.4 Å². The van der Waals surface area contributed by atoms with E-state index in [1.54, 1.807) is 4.57 Å². The average molecular weight is 367 g/mol. The molecule has 1 saturated carbocycles. The highest BCUT2D eigenvalue weighted by molar-refractivity contribution is 5.85. The number of amides is 1. The van der Waals surface area contributed by atoms with Crippen LogP contribution >= 0.6 is 12.4 Å². The molecule has 0 radical (unpaired) electrons. The van der Waals surface area contributed by atoms with Crippen molar-refractivity contribution in [2.24, 2.45) is 11.1 Å². The molecule has 1 aliphatic rings. The minimum atomic E-state index is -0.142. The molecule has 3 rings (SSSR count). The van der Waals surface area contributed by atoms with E-state index < -0.39 is 0 Å². The highest BCUT2D eigenvalue weighted by Crippen LogP contribution is 2.38. The van der Waals surface area contributed by atoms with Crippen molar-refractivity contribution in [2.75, 3.05) is 13.1 Å². The maximum atomic E-state index is 12.3. The lowest BCUT2D eigenvalue weighted by atomic mass is 9.71. The lowest BCUT2D eigenvalue weighted by molar-refractivity contribution is -0.123. The zero-order valence-corrected chi connectivity index (χ0v) is 15.2. The number of fused-ring (bicyclic) bond motifs is 1. The average Bonchev–Trinajstić information content (AvgIpc) is 2.91. The number of carbonyl (C=O) groups excluding carboxylic acids is 1. The van der Waals surface area contributed by atoms with Gasteiger partial charge in [-0.2, -0.15) is 0 Å². The molecule has 0 saturated heterocycles. The second-order valence-electron chi connectivity index (χ2n) is 6.89.